The Balaban J connectivity index is 1.29. The molecule has 0 radical (unpaired) electrons. The highest BCUT2D eigenvalue weighted by Crippen LogP contribution is 2.41. The van der Waals surface area contributed by atoms with E-state index in [1.807, 2.05) is 40.2 Å². The summed E-state index contributed by atoms with van der Waals surface area (Å²) in [7, 11) is 0. The summed E-state index contributed by atoms with van der Waals surface area (Å²) in [5.74, 6) is -1.31. The van der Waals surface area contributed by atoms with E-state index in [1.165, 1.54) is 0 Å². The van der Waals surface area contributed by atoms with E-state index >= 15 is 0 Å². The molecule has 5 atom stereocenters. The van der Waals surface area contributed by atoms with Gasteiger partial charge in [0.05, 0.1) is 19.7 Å². The van der Waals surface area contributed by atoms with Gasteiger partial charge in [-0.3, -0.25) is 5.32 Å². The van der Waals surface area contributed by atoms with Crippen LogP contribution >= 0.6 is 0 Å². The minimum absolute atomic E-state index is 0.220. The number of hydrogen-bond acceptors (Lipinski definition) is 8. The fourth-order valence-electron chi connectivity index (χ4n) is 3.90. The normalized spacial score (nSPS) is 36.1. The molecule has 3 saturated heterocycles. The Morgan fingerprint density at radius 1 is 1.14 bits per heavy atom. The lowest BCUT2D eigenvalue weighted by Crippen LogP contribution is -2.45. The van der Waals surface area contributed by atoms with Gasteiger partial charge in [-0.25, -0.2) is 4.98 Å². The molecular formula is C19H31N3O6. The Bertz CT molecular complexity index is 638. The summed E-state index contributed by atoms with van der Waals surface area (Å²) in [5.41, 5.74) is 0. The number of imidazole rings is 1. The van der Waals surface area contributed by atoms with Crippen molar-refractivity contribution >= 4 is 0 Å². The summed E-state index contributed by atoms with van der Waals surface area (Å²) in [6.45, 7) is 10.2. The van der Waals surface area contributed by atoms with Gasteiger partial charge in [0, 0.05) is 18.9 Å². The van der Waals surface area contributed by atoms with Crippen molar-refractivity contribution in [1.82, 2.24) is 14.9 Å². The molecule has 158 valence electrons. The van der Waals surface area contributed by atoms with Gasteiger partial charge in [0.15, 0.2) is 17.9 Å². The number of aromatic nitrogens is 2. The van der Waals surface area contributed by atoms with Crippen LogP contribution < -0.4 is 5.32 Å². The van der Waals surface area contributed by atoms with Crippen LogP contribution in [0.4, 0.5) is 0 Å². The molecule has 28 heavy (non-hydrogen) atoms. The van der Waals surface area contributed by atoms with Crippen LogP contribution in [-0.2, 0) is 35.0 Å². The minimum atomic E-state index is -0.688. The fraction of sp³-hybridized carbons (Fsp3) is 0.842. The molecule has 0 aromatic carbocycles. The standard InChI is InChI=1S/C19H31N3O6/c1-18(2)24-10-13(26-18)14-15(16-17(25-14)28-19(3,4)27-16)23-12-21-6-5-8-22-9-7-20-11-22/h7,9,11,13-17,21H,5-6,8,10,12H2,1-4H3/t13-,14-,15+,16-,17-/m1/s1. The number of hydrogen-bond donors (Lipinski definition) is 1. The second-order valence-electron chi connectivity index (χ2n) is 8.37. The summed E-state index contributed by atoms with van der Waals surface area (Å²) >= 11 is 0. The second kappa shape index (κ2) is 7.98. The molecule has 1 aromatic rings. The van der Waals surface area contributed by atoms with Crippen molar-refractivity contribution in [3.05, 3.63) is 18.7 Å². The van der Waals surface area contributed by atoms with Crippen LogP contribution in [0.5, 0.6) is 0 Å². The third-order valence-electron chi connectivity index (χ3n) is 5.13. The number of fused-ring (bicyclic) bond motifs is 1. The first-order valence-corrected chi connectivity index (χ1v) is 9.94. The topological polar surface area (TPSA) is 85.2 Å². The molecule has 0 amide bonds. The number of ether oxygens (including phenoxy) is 6. The molecule has 0 spiro atoms. The SMILES string of the molecule is CC1(C)O[C@H]2O[C@H]([C@H]3COC(C)(C)O3)[C@H](OCNCCCn3ccnc3)[C@H]2O1. The molecule has 9 nitrogen and oxygen atoms in total. The summed E-state index contributed by atoms with van der Waals surface area (Å²) in [5, 5.41) is 3.32. The van der Waals surface area contributed by atoms with Crippen molar-refractivity contribution in [3.63, 3.8) is 0 Å². The first kappa shape index (κ1) is 20.2. The molecule has 3 fully saturated rings. The Morgan fingerprint density at radius 3 is 2.71 bits per heavy atom. The maximum atomic E-state index is 6.14. The van der Waals surface area contributed by atoms with E-state index in [-0.39, 0.29) is 24.4 Å². The molecule has 0 saturated carbocycles. The Morgan fingerprint density at radius 2 is 2.00 bits per heavy atom. The van der Waals surface area contributed by atoms with Gasteiger partial charge in [-0.05, 0) is 40.7 Å². The molecule has 0 bridgehead atoms. The summed E-state index contributed by atoms with van der Waals surface area (Å²) in [4.78, 5) is 4.04. The van der Waals surface area contributed by atoms with E-state index in [2.05, 4.69) is 14.9 Å². The average Bonchev–Trinajstić information content (AvgIpc) is 3.35. The van der Waals surface area contributed by atoms with Gasteiger partial charge in [0.2, 0.25) is 0 Å². The highest BCUT2D eigenvalue weighted by molar-refractivity contribution is 4.98. The molecule has 4 heterocycles. The Kier molecular flexibility index (Phi) is 5.76. The maximum absolute atomic E-state index is 6.14. The summed E-state index contributed by atoms with van der Waals surface area (Å²) in [6.07, 6.45) is 4.98. The minimum Gasteiger partial charge on any atom is -0.357 e. The van der Waals surface area contributed by atoms with E-state index in [9.17, 15) is 0 Å². The molecule has 3 aliphatic heterocycles. The lowest BCUT2D eigenvalue weighted by Gasteiger charge is -2.29. The largest absolute Gasteiger partial charge is 0.357 e. The van der Waals surface area contributed by atoms with Crippen LogP contribution in [0.1, 0.15) is 34.1 Å². The van der Waals surface area contributed by atoms with Gasteiger partial charge in [-0.2, -0.15) is 0 Å². The molecule has 0 unspecified atom stereocenters. The van der Waals surface area contributed by atoms with Crippen LogP contribution in [-0.4, -0.2) is 71.7 Å². The van der Waals surface area contributed by atoms with E-state index in [0.29, 0.717) is 13.3 Å². The molecule has 1 aromatic heterocycles. The maximum Gasteiger partial charge on any atom is 0.190 e. The Labute approximate surface area is 165 Å². The van der Waals surface area contributed by atoms with Gasteiger partial charge in [-0.1, -0.05) is 0 Å². The molecule has 9 heteroatoms. The van der Waals surface area contributed by atoms with Crippen LogP contribution in [0.2, 0.25) is 0 Å². The van der Waals surface area contributed by atoms with Gasteiger partial charge in [0.25, 0.3) is 0 Å². The first-order valence-electron chi connectivity index (χ1n) is 9.94. The number of rotatable bonds is 8. The Hall–Kier alpha value is -1.07. The number of nitrogens with one attached hydrogen (secondary N) is 1. The van der Waals surface area contributed by atoms with Crippen LogP contribution in [0.3, 0.4) is 0 Å². The second-order valence-corrected chi connectivity index (χ2v) is 8.37. The van der Waals surface area contributed by atoms with E-state index < -0.39 is 17.9 Å². The van der Waals surface area contributed by atoms with E-state index in [4.69, 9.17) is 28.4 Å². The zero-order valence-corrected chi connectivity index (χ0v) is 17.0. The van der Waals surface area contributed by atoms with Crippen LogP contribution in [0, 0.1) is 0 Å². The lowest BCUT2D eigenvalue weighted by atomic mass is 10.1. The van der Waals surface area contributed by atoms with Crippen molar-refractivity contribution in [2.45, 2.75) is 82.9 Å². The molecule has 1 N–H and O–H groups in total. The van der Waals surface area contributed by atoms with Crippen LogP contribution in [0.15, 0.2) is 18.7 Å². The quantitative estimate of drug-likeness (QED) is 0.518. The smallest absolute Gasteiger partial charge is 0.190 e. The highest BCUT2D eigenvalue weighted by Gasteiger charge is 2.58. The van der Waals surface area contributed by atoms with Gasteiger partial charge < -0.3 is 33.0 Å². The zero-order valence-electron chi connectivity index (χ0n) is 17.0. The van der Waals surface area contributed by atoms with Gasteiger partial charge >= 0.3 is 0 Å². The van der Waals surface area contributed by atoms with Crippen molar-refractivity contribution in [3.8, 4) is 0 Å². The predicted molar refractivity (Wildman–Crippen MR) is 98.2 cm³/mol. The van der Waals surface area contributed by atoms with Crippen molar-refractivity contribution in [1.29, 1.82) is 0 Å². The molecule has 0 aliphatic carbocycles. The van der Waals surface area contributed by atoms with Crippen molar-refractivity contribution < 1.29 is 28.4 Å². The summed E-state index contributed by atoms with van der Waals surface area (Å²) in [6, 6.07) is 0. The number of nitrogens with zero attached hydrogens (tertiary/aromatic N) is 2. The van der Waals surface area contributed by atoms with Crippen molar-refractivity contribution in [2.24, 2.45) is 0 Å². The highest BCUT2D eigenvalue weighted by atomic mass is 16.8. The average molecular weight is 397 g/mol. The summed E-state index contributed by atoms with van der Waals surface area (Å²) < 4.78 is 38.0. The zero-order chi connectivity index (χ0) is 19.8. The third-order valence-corrected chi connectivity index (χ3v) is 5.13. The van der Waals surface area contributed by atoms with E-state index in [1.54, 1.807) is 6.20 Å². The lowest BCUT2D eigenvalue weighted by molar-refractivity contribution is -0.236. The fourth-order valence-corrected chi connectivity index (χ4v) is 3.90. The molecule has 4 rings (SSSR count). The molecule has 3 aliphatic rings. The van der Waals surface area contributed by atoms with Gasteiger partial charge in [0.1, 0.15) is 24.4 Å². The first-order chi connectivity index (χ1) is 13.3. The van der Waals surface area contributed by atoms with E-state index in [0.717, 1.165) is 19.5 Å². The number of aryl methyl sites for hydroxylation is 1. The van der Waals surface area contributed by atoms with Gasteiger partial charge in [-0.15, -0.1) is 0 Å². The third kappa shape index (κ3) is 4.56. The van der Waals surface area contributed by atoms with Crippen molar-refractivity contribution in [2.75, 3.05) is 19.9 Å². The molecular weight excluding hydrogens is 366 g/mol. The monoisotopic (exact) mass is 397 g/mol. The van der Waals surface area contributed by atoms with Crippen LogP contribution in [0.25, 0.3) is 0 Å². The predicted octanol–water partition coefficient (Wildman–Crippen LogP) is 1.23.